The first-order chi connectivity index (χ1) is 19.9. The maximum Gasteiger partial charge on any atom is 0.353 e. The fraction of sp³-hybridized carbons (Fsp3) is 0.828. The molecule has 236 valence electrons. The van der Waals surface area contributed by atoms with Crippen LogP contribution in [0.25, 0.3) is 11.2 Å². The minimum Gasteiger partial charge on any atom is -0.381 e. The Morgan fingerprint density at radius 3 is 2.00 bits per heavy atom. The molecule has 12 heteroatoms. The van der Waals surface area contributed by atoms with Crippen molar-refractivity contribution in [1.82, 2.24) is 19.5 Å². The maximum absolute atomic E-state index is 12.2. The average molecular weight is 600 g/mol. The monoisotopic (exact) mass is 599 g/mol. The number of nitrogens with two attached hydrogens (primary N) is 1. The Balaban J connectivity index is 1.34. The van der Waals surface area contributed by atoms with E-state index in [1.165, 1.54) is 103 Å². The molecule has 0 spiro atoms. The molecule has 0 amide bonds. The highest BCUT2D eigenvalue weighted by atomic mass is 31.2. The number of aromatic nitrogens is 4. The highest BCUT2D eigenvalue weighted by molar-refractivity contribution is 7.52. The Kier molecular flexibility index (Phi) is 18.9. The van der Waals surface area contributed by atoms with Gasteiger partial charge in [-0.3, -0.25) is 14.3 Å². The molecule has 0 fully saturated rings. The lowest BCUT2D eigenvalue weighted by Gasteiger charge is -2.13. The summed E-state index contributed by atoms with van der Waals surface area (Å²) in [7, 11) is -3.85. The summed E-state index contributed by atoms with van der Waals surface area (Å²) >= 11 is 0. The third kappa shape index (κ3) is 16.4. The van der Waals surface area contributed by atoms with Gasteiger partial charge in [0.1, 0.15) is 6.35 Å². The molecule has 0 radical (unpaired) electrons. The van der Waals surface area contributed by atoms with Crippen LogP contribution in [0.5, 0.6) is 0 Å². The third-order valence-corrected chi connectivity index (χ3v) is 8.19. The van der Waals surface area contributed by atoms with Crippen LogP contribution >= 0.6 is 7.60 Å². The second-order valence-corrected chi connectivity index (χ2v) is 12.6. The number of unbranched alkanes of at least 4 members (excludes halogenated alkanes) is 15. The number of nitrogens with zero attached hydrogens (tertiary/aromatic N) is 3. The van der Waals surface area contributed by atoms with Gasteiger partial charge < -0.3 is 29.2 Å². The van der Waals surface area contributed by atoms with Crippen LogP contribution in [0.1, 0.15) is 116 Å². The van der Waals surface area contributed by atoms with Crippen LogP contribution in [0.2, 0.25) is 0 Å². The van der Waals surface area contributed by atoms with E-state index in [9.17, 15) is 14.3 Å². The Morgan fingerprint density at radius 1 is 0.829 bits per heavy atom. The number of nitrogen functional groups attached to an aromatic ring is 1. The lowest BCUT2D eigenvalue weighted by molar-refractivity contribution is 0.106. The van der Waals surface area contributed by atoms with Crippen molar-refractivity contribution in [3.8, 4) is 0 Å². The van der Waals surface area contributed by atoms with E-state index in [0.717, 1.165) is 6.42 Å². The van der Waals surface area contributed by atoms with Gasteiger partial charge in [-0.15, -0.1) is 0 Å². The van der Waals surface area contributed by atoms with Crippen LogP contribution in [0.3, 0.4) is 0 Å². The van der Waals surface area contributed by atoms with Gasteiger partial charge in [-0.1, -0.05) is 103 Å². The highest BCUT2D eigenvalue weighted by Gasteiger charge is 2.19. The number of rotatable bonds is 27. The van der Waals surface area contributed by atoms with Crippen LogP contribution in [-0.2, 0) is 25.1 Å². The van der Waals surface area contributed by atoms with Crippen LogP contribution in [-0.4, -0.2) is 57.2 Å². The number of fused-ring (bicyclic) bond motifs is 1. The normalized spacial score (nSPS) is 13.2. The molecule has 0 bridgehead atoms. The molecule has 2 rings (SSSR count). The summed E-state index contributed by atoms with van der Waals surface area (Å²) in [5.41, 5.74) is 5.66. The fourth-order valence-corrected chi connectivity index (χ4v) is 5.59. The Hall–Kier alpha value is -1.78. The molecular formula is C29H54N5O6P. The van der Waals surface area contributed by atoms with Crippen molar-refractivity contribution in [2.24, 2.45) is 0 Å². The highest BCUT2D eigenvalue weighted by Crippen LogP contribution is 2.41. The summed E-state index contributed by atoms with van der Waals surface area (Å²) in [4.78, 5) is 32.2. The van der Waals surface area contributed by atoms with E-state index < -0.39 is 19.5 Å². The lowest BCUT2D eigenvalue weighted by atomic mass is 10.0. The van der Waals surface area contributed by atoms with Crippen molar-refractivity contribution in [2.75, 3.05) is 38.5 Å². The first kappa shape index (κ1) is 35.4. The summed E-state index contributed by atoms with van der Waals surface area (Å²) in [5, 5.41) is 0. The van der Waals surface area contributed by atoms with Crippen molar-refractivity contribution >= 4 is 24.7 Å². The van der Waals surface area contributed by atoms with Crippen molar-refractivity contribution in [2.45, 2.75) is 123 Å². The van der Waals surface area contributed by atoms with Gasteiger partial charge in [0.2, 0.25) is 5.95 Å². The quantitative estimate of drug-likeness (QED) is 0.0766. The second kappa shape index (κ2) is 21.9. The number of hydrogen-bond donors (Lipinski definition) is 3. The average Bonchev–Trinajstić information content (AvgIpc) is 3.35. The second-order valence-electron chi connectivity index (χ2n) is 10.8. The Morgan fingerprint density at radius 2 is 1.39 bits per heavy atom. The minimum absolute atomic E-state index is 0.00701. The van der Waals surface area contributed by atoms with Crippen molar-refractivity contribution in [3.63, 3.8) is 0 Å². The van der Waals surface area contributed by atoms with E-state index >= 15 is 0 Å². The van der Waals surface area contributed by atoms with Gasteiger partial charge in [0.25, 0.3) is 5.56 Å². The zero-order valence-electron chi connectivity index (χ0n) is 25.2. The molecule has 0 aromatic carbocycles. The number of ether oxygens (including phenoxy) is 2. The number of hydrogen-bond acceptors (Lipinski definition) is 8. The number of aromatic amines is 1. The molecular weight excluding hydrogens is 545 g/mol. The van der Waals surface area contributed by atoms with Gasteiger partial charge in [-0.2, -0.15) is 4.98 Å². The number of nitrogens with one attached hydrogen (secondary N) is 1. The van der Waals surface area contributed by atoms with Crippen LogP contribution in [0, 0.1) is 0 Å². The SMILES string of the molecule is CCCCCCCCCCCCCCCCCCOCCCOP(=O)(O)COCCn1cnc2c(=O)[nH]c(N)nc21. The molecule has 0 aliphatic heterocycles. The van der Waals surface area contributed by atoms with E-state index in [-0.39, 0.29) is 24.7 Å². The first-order valence-corrected chi connectivity index (χ1v) is 17.5. The van der Waals surface area contributed by atoms with E-state index in [2.05, 4.69) is 21.9 Å². The Bertz CT molecular complexity index is 1050. The van der Waals surface area contributed by atoms with E-state index in [0.29, 0.717) is 31.8 Å². The van der Waals surface area contributed by atoms with Crippen molar-refractivity contribution in [3.05, 3.63) is 16.7 Å². The first-order valence-electron chi connectivity index (χ1n) is 15.8. The fourth-order valence-electron chi connectivity index (χ4n) is 4.74. The summed E-state index contributed by atoms with van der Waals surface area (Å²) in [5.74, 6) is -0.00701. The number of anilines is 1. The van der Waals surface area contributed by atoms with Crippen LogP contribution in [0.4, 0.5) is 5.95 Å². The van der Waals surface area contributed by atoms with E-state index in [4.69, 9.17) is 19.7 Å². The largest absolute Gasteiger partial charge is 0.381 e. The Labute approximate surface area is 245 Å². The van der Waals surface area contributed by atoms with Gasteiger partial charge in [-0.05, 0) is 12.8 Å². The number of imidazole rings is 1. The number of H-pyrrole nitrogens is 1. The van der Waals surface area contributed by atoms with Gasteiger partial charge in [-0.25, -0.2) is 4.98 Å². The molecule has 4 N–H and O–H groups in total. The van der Waals surface area contributed by atoms with Crippen molar-refractivity contribution in [1.29, 1.82) is 0 Å². The minimum atomic E-state index is -3.85. The topological polar surface area (TPSA) is 155 Å². The molecule has 2 aromatic rings. The maximum atomic E-state index is 12.2. The molecule has 0 aliphatic carbocycles. The summed E-state index contributed by atoms with van der Waals surface area (Å²) in [6.45, 7) is 4.04. The lowest BCUT2D eigenvalue weighted by Crippen LogP contribution is -2.13. The molecule has 11 nitrogen and oxygen atoms in total. The molecule has 1 atom stereocenters. The molecule has 0 aliphatic rings. The van der Waals surface area contributed by atoms with Gasteiger partial charge >= 0.3 is 7.60 Å². The summed E-state index contributed by atoms with van der Waals surface area (Å²) < 4.78 is 29.8. The molecule has 2 heterocycles. The predicted octanol–water partition coefficient (Wildman–Crippen LogP) is 6.55. The molecule has 41 heavy (non-hydrogen) atoms. The smallest absolute Gasteiger partial charge is 0.353 e. The molecule has 0 saturated carbocycles. The standard InChI is InChI=1S/C29H54N5O6P/c1-2-3-4-5-6-7-8-9-10-11-12-13-14-15-16-17-20-38-21-18-22-40-41(36,37)25-39-23-19-34-24-31-26-27(34)32-29(30)33-28(26)35/h24H,2-23,25H2,1H3,(H,36,37)(H3,30,32,33,35). The van der Waals surface area contributed by atoms with Crippen LogP contribution in [0.15, 0.2) is 11.1 Å². The van der Waals surface area contributed by atoms with Crippen molar-refractivity contribution < 1.29 is 23.5 Å². The third-order valence-electron chi connectivity index (χ3n) is 7.09. The summed E-state index contributed by atoms with van der Waals surface area (Å²) in [6.07, 6.45) is 23.1. The van der Waals surface area contributed by atoms with Gasteiger partial charge in [0.05, 0.1) is 19.5 Å². The van der Waals surface area contributed by atoms with Crippen LogP contribution < -0.4 is 11.3 Å². The van der Waals surface area contributed by atoms with Gasteiger partial charge in [0.15, 0.2) is 11.2 Å². The van der Waals surface area contributed by atoms with E-state index in [1.807, 2.05) is 0 Å². The molecule has 0 saturated heterocycles. The van der Waals surface area contributed by atoms with Gasteiger partial charge in [0, 0.05) is 19.8 Å². The predicted molar refractivity (Wildman–Crippen MR) is 164 cm³/mol. The zero-order chi connectivity index (χ0) is 29.6. The molecule has 2 aromatic heterocycles. The summed E-state index contributed by atoms with van der Waals surface area (Å²) in [6, 6.07) is 0. The zero-order valence-corrected chi connectivity index (χ0v) is 26.1. The molecule has 1 unspecified atom stereocenters. The van der Waals surface area contributed by atoms with E-state index in [1.54, 1.807) is 4.57 Å².